The lowest BCUT2D eigenvalue weighted by molar-refractivity contribution is -0.206. The molecule has 0 aliphatic carbocycles. The van der Waals surface area contributed by atoms with Crippen LogP contribution in [0.1, 0.15) is 22.8 Å². The summed E-state index contributed by atoms with van der Waals surface area (Å²) < 4.78 is 36.6. The number of aliphatic hydroxyl groups is 1. The first kappa shape index (κ1) is 12.3. The highest BCUT2D eigenvalue weighted by molar-refractivity contribution is 6.32. The Balaban J connectivity index is 3.17. The van der Waals surface area contributed by atoms with Crippen molar-refractivity contribution < 1.29 is 18.3 Å². The van der Waals surface area contributed by atoms with Crippen molar-refractivity contribution >= 4 is 11.6 Å². The van der Waals surface area contributed by atoms with E-state index in [9.17, 15) is 13.2 Å². The summed E-state index contributed by atoms with van der Waals surface area (Å²) >= 11 is 5.81. The number of alkyl halides is 3. The molecule has 0 amide bonds. The molecular weight excluding hydrogens is 229 g/mol. The van der Waals surface area contributed by atoms with Crippen molar-refractivity contribution in [3.63, 3.8) is 0 Å². The van der Waals surface area contributed by atoms with Crippen molar-refractivity contribution in [1.29, 1.82) is 0 Å². The summed E-state index contributed by atoms with van der Waals surface area (Å²) in [5.74, 6) is 0. The zero-order chi connectivity index (χ0) is 11.8. The first-order valence-electron chi connectivity index (χ1n) is 4.25. The molecule has 0 saturated carbocycles. The Morgan fingerprint density at radius 2 is 1.60 bits per heavy atom. The van der Waals surface area contributed by atoms with E-state index in [4.69, 9.17) is 16.7 Å². The Labute approximate surface area is 90.5 Å². The van der Waals surface area contributed by atoms with E-state index < -0.39 is 12.3 Å². The Bertz CT molecular complexity index is 350. The second-order valence-corrected chi connectivity index (χ2v) is 3.79. The van der Waals surface area contributed by atoms with Crippen LogP contribution in [0.5, 0.6) is 0 Å². The van der Waals surface area contributed by atoms with Gasteiger partial charge < -0.3 is 5.11 Å². The number of aliphatic hydroxyl groups excluding tert-OH is 1. The molecule has 0 bridgehead atoms. The van der Waals surface area contributed by atoms with Crippen molar-refractivity contribution in [2.75, 3.05) is 0 Å². The molecule has 15 heavy (non-hydrogen) atoms. The average Bonchev–Trinajstić information content (AvgIpc) is 2.10. The minimum atomic E-state index is -4.65. The van der Waals surface area contributed by atoms with Crippen LogP contribution in [-0.4, -0.2) is 11.3 Å². The molecule has 0 saturated heterocycles. The minimum absolute atomic E-state index is 0.179. The smallest absolute Gasteiger partial charge is 0.379 e. The van der Waals surface area contributed by atoms with Crippen LogP contribution in [0.3, 0.4) is 0 Å². The maximum atomic E-state index is 12.2. The van der Waals surface area contributed by atoms with Crippen molar-refractivity contribution in [1.82, 2.24) is 0 Å². The highest BCUT2D eigenvalue weighted by Crippen LogP contribution is 2.34. The SMILES string of the molecule is Cc1cc(C(O)C(F)(F)F)cc(C)c1Cl. The molecule has 0 heterocycles. The van der Waals surface area contributed by atoms with Gasteiger partial charge in [-0.1, -0.05) is 23.7 Å². The fraction of sp³-hybridized carbons (Fsp3) is 0.400. The van der Waals surface area contributed by atoms with Crippen molar-refractivity contribution in [3.8, 4) is 0 Å². The van der Waals surface area contributed by atoms with Gasteiger partial charge >= 0.3 is 6.18 Å². The first-order chi connectivity index (χ1) is 6.73. The third-order valence-electron chi connectivity index (χ3n) is 2.08. The predicted octanol–water partition coefficient (Wildman–Crippen LogP) is 3.55. The monoisotopic (exact) mass is 238 g/mol. The molecule has 0 aliphatic rings. The standard InChI is InChI=1S/C10H10ClF3O/c1-5-3-7(4-6(2)8(5)11)9(15)10(12,13)14/h3-4,9,15H,1-2H3. The molecule has 84 valence electrons. The summed E-state index contributed by atoms with van der Waals surface area (Å²) in [6, 6.07) is 2.49. The summed E-state index contributed by atoms with van der Waals surface area (Å²) in [4.78, 5) is 0. The van der Waals surface area contributed by atoms with Gasteiger partial charge in [-0.2, -0.15) is 13.2 Å². The third kappa shape index (κ3) is 2.63. The molecule has 1 rings (SSSR count). The van der Waals surface area contributed by atoms with Gasteiger partial charge in [0.1, 0.15) is 0 Å². The summed E-state index contributed by atoms with van der Waals surface area (Å²) in [5.41, 5.74) is 0.867. The van der Waals surface area contributed by atoms with E-state index in [2.05, 4.69) is 0 Å². The average molecular weight is 239 g/mol. The van der Waals surface area contributed by atoms with E-state index in [1.165, 1.54) is 12.1 Å². The van der Waals surface area contributed by atoms with Gasteiger partial charge in [0.25, 0.3) is 0 Å². The number of hydrogen-bond donors (Lipinski definition) is 1. The fourth-order valence-corrected chi connectivity index (χ4v) is 1.44. The Morgan fingerprint density at radius 3 is 1.93 bits per heavy atom. The van der Waals surface area contributed by atoms with E-state index in [1.54, 1.807) is 13.8 Å². The fourth-order valence-electron chi connectivity index (χ4n) is 1.33. The lowest BCUT2D eigenvalue weighted by Crippen LogP contribution is -2.20. The summed E-state index contributed by atoms with van der Waals surface area (Å²) in [6.45, 7) is 3.20. The molecule has 5 heteroatoms. The van der Waals surface area contributed by atoms with Crippen LogP contribution in [0.2, 0.25) is 5.02 Å². The third-order valence-corrected chi connectivity index (χ3v) is 2.68. The van der Waals surface area contributed by atoms with Crippen LogP contribution in [0, 0.1) is 13.8 Å². The number of benzene rings is 1. The molecule has 0 spiro atoms. The van der Waals surface area contributed by atoms with Crippen LogP contribution in [-0.2, 0) is 0 Å². The predicted molar refractivity (Wildman–Crippen MR) is 51.9 cm³/mol. The molecule has 1 nitrogen and oxygen atoms in total. The molecule has 0 aromatic heterocycles. The summed E-state index contributed by atoms with van der Waals surface area (Å²) in [7, 11) is 0. The zero-order valence-electron chi connectivity index (χ0n) is 8.19. The normalized spacial score (nSPS) is 14.1. The van der Waals surface area contributed by atoms with E-state index in [0.29, 0.717) is 16.1 Å². The lowest BCUT2D eigenvalue weighted by atomic mass is 10.0. The molecule has 1 unspecified atom stereocenters. The number of hydrogen-bond acceptors (Lipinski definition) is 1. The highest BCUT2D eigenvalue weighted by atomic mass is 35.5. The second kappa shape index (κ2) is 4.02. The highest BCUT2D eigenvalue weighted by Gasteiger charge is 2.39. The zero-order valence-corrected chi connectivity index (χ0v) is 8.95. The summed E-state index contributed by atoms with van der Waals surface area (Å²) in [6.07, 6.45) is -7.10. The van der Waals surface area contributed by atoms with Crippen LogP contribution in [0.25, 0.3) is 0 Å². The van der Waals surface area contributed by atoms with E-state index >= 15 is 0 Å². The molecule has 1 aromatic carbocycles. The van der Waals surface area contributed by atoms with E-state index in [-0.39, 0.29) is 5.56 Å². The molecule has 0 radical (unpaired) electrons. The van der Waals surface area contributed by atoms with Crippen LogP contribution >= 0.6 is 11.6 Å². The lowest BCUT2D eigenvalue weighted by Gasteiger charge is -2.16. The Hall–Kier alpha value is -0.740. The molecule has 1 aromatic rings. The van der Waals surface area contributed by atoms with Gasteiger partial charge in [0, 0.05) is 5.02 Å². The van der Waals surface area contributed by atoms with E-state index in [0.717, 1.165) is 0 Å². The number of rotatable bonds is 1. The quantitative estimate of drug-likeness (QED) is 0.793. The summed E-state index contributed by atoms with van der Waals surface area (Å²) in [5, 5.41) is 9.45. The maximum absolute atomic E-state index is 12.2. The van der Waals surface area contributed by atoms with Crippen LogP contribution < -0.4 is 0 Å². The van der Waals surface area contributed by atoms with Crippen molar-refractivity contribution in [3.05, 3.63) is 33.8 Å². The second-order valence-electron chi connectivity index (χ2n) is 3.41. The van der Waals surface area contributed by atoms with E-state index in [1.807, 2.05) is 0 Å². The topological polar surface area (TPSA) is 20.2 Å². The maximum Gasteiger partial charge on any atom is 0.418 e. The minimum Gasteiger partial charge on any atom is -0.379 e. The first-order valence-corrected chi connectivity index (χ1v) is 4.62. The Morgan fingerprint density at radius 1 is 1.20 bits per heavy atom. The molecule has 1 N–H and O–H groups in total. The van der Waals surface area contributed by atoms with Gasteiger partial charge in [-0.25, -0.2) is 0 Å². The van der Waals surface area contributed by atoms with Crippen LogP contribution in [0.15, 0.2) is 12.1 Å². The van der Waals surface area contributed by atoms with Gasteiger partial charge in [-0.15, -0.1) is 0 Å². The van der Waals surface area contributed by atoms with Crippen molar-refractivity contribution in [2.45, 2.75) is 26.1 Å². The molecule has 1 atom stereocenters. The van der Waals surface area contributed by atoms with Gasteiger partial charge in [0.05, 0.1) is 0 Å². The Kier molecular flexibility index (Phi) is 3.31. The number of aryl methyl sites for hydroxylation is 2. The van der Waals surface area contributed by atoms with Gasteiger partial charge in [0.2, 0.25) is 0 Å². The van der Waals surface area contributed by atoms with Gasteiger partial charge in [-0.3, -0.25) is 0 Å². The molecule has 0 aliphatic heterocycles. The largest absolute Gasteiger partial charge is 0.418 e. The van der Waals surface area contributed by atoms with Crippen LogP contribution in [0.4, 0.5) is 13.2 Å². The molecule has 0 fully saturated rings. The molecular formula is C10H10ClF3O. The van der Waals surface area contributed by atoms with Gasteiger partial charge in [-0.05, 0) is 30.5 Å². The van der Waals surface area contributed by atoms with Gasteiger partial charge in [0.15, 0.2) is 6.10 Å². The number of halogens is 4. The van der Waals surface area contributed by atoms with Crippen molar-refractivity contribution in [2.24, 2.45) is 0 Å².